The van der Waals surface area contributed by atoms with E-state index in [4.69, 9.17) is 4.74 Å². The topological polar surface area (TPSA) is 43.4 Å². The highest BCUT2D eigenvalue weighted by Gasteiger charge is 2.62. The van der Waals surface area contributed by atoms with Gasteiger partial charge in [0.15, 0.2) is 0 Å². The predicted molar refractivity (Wildman–Crippen MR) is 41.3 cm³/mol. The van der Waals surface area contributed by atoms with Gasteiger partial charge in [-0.1, -0.05) is 0 Å². The largest absolute Gasteiger partial charge is 0.466 e. The molecule has 0 saturated heterocycles. The molecule has 0 aromatic heterocycles. The van der Waals surface area contributed by atoms with Crippen molar-refractivity contribution < 1.29 is 14.3 Å². The van der Waals surface area contributed by atoms with Crippen molar-refractivity contribution in [3.63, 3.8) is 0 Å². The molecule has 0 aliphatic heterocycles. The van der Waals surface area contributed by atoms with Gasteiger partial charge in [0, 0.05) is 12.3 Å². The van der Waals surface area contributed by atoms with Crippen LogP contribution in [0.15, 0.2) is 0 Å². The van der Waals surface area contributed by atoms with Crippen molar-refractivity contribution in [2.24, 2.45) is 17.8 Å². The third-order valence-electron chi connectivity index (χ3n) is 2.82. The molecule has 12 heavy (non-hydrogen) atoms. The Bertz CT molecular complexity index is 234. The molecular formula is C9H12O3. The molecule has 0 heterocycles. The Morgan fingerprint density at radius 1 is 1.67 bits per heavy atom. The van der Waals surface area contributed by atoms with Crippen molar-refractivity contribution in [1.82, 2.24) is 0 Å². The fourth-order valence-corrected chi connectivity index (χ4v) is 2.21. The summed E-state index contributed by atoms with van der Waals surface area (Å²) in [6.07, 6.45) is 1.57. The molecule has 2 aliphatic rings. The Labute approximate surface area is 71.1 Å². The molecule has 0 amide bonds. The first kappa shape index (κ1) is 7.77. The lowest BCUT2D eigenvalue weighted by Crippen LogP contribution is -2.12. The Balaban J connectivity index is 1.94. The van der Waals surface area contributed by atoms with Crippen molar-refractivity contribution in [1.29, 1.82) is 0 Å². The van der Waals surface area contributed by atoms with E-state index in [0.29, 0.717) is 18.9 Å². The van der Waals surface area contributed by atoms with Crippen molar-refractivity contribution in [2.45, 2.75) is 19.8 Å². The van der Waals surface area contributed by atoms with Crippen molar-refractivity contribution >= 4 is 11.8 Å². The Morgan fingerprint density at radius 2 is 2.42 bits per heavy atom. The van der Waals surface area contributed by atoms with E-state index in [0.717, 1.165) is 6.42 Å². The van der Waals surface area contributed by atoms with Crippen LogP contribution in [-0.4, -0.2) is 18.4 Å². The predicted octanol–water partition coefficient (Wildman–Crippen LogP) is 0.775. The summed E-state index contributed by atoms with van der Waals surface area (Å²) in [5.41, 5.74) is 0. The lowest BCUT2D eigenvalue weighted by atomic mass is 10.1. The molecule has 0 aromatic rings. The maximum absolute atomic E-state index is 11.2. The number of ketones is 1. The minimum atomic E-state index is -0.166. The number of hydrogen-bond acceptors (Lipinski definition) is 3. The van der Waals surface area contributed by atoms with Gasteiger partial charge in [-0.3, -0.25) is 9.59 Å². The van der Waals surface area contributed by atoms with Gasteiger partial charge < -0.3 is 4.74 Å². The standard InChI is InChI=1S/C9H12O3/c1-2-12-9(11)8-5-3-4-6(10)7(5)8/h5,7-8H,2-4H2,1H3/t5?,7-,8?/m1/s1. The Kier molecular flexibility index (Phi) is 1.67. The van der Waals surface area contributed by atoms with Gasteiger partial charge in [-0.05, 0) is 19.3 Å². The van der Waals surface area contributed by atoms with Gasteiger partial charge in [-0.15, -0.1) is 0 Å². The summed E-state index contributed by atoms with van der Waals surface area (Å²) in [4.78, 5) is 22.3. The van der Waals surface area contributed by atoms with Crippen LogP contribution < -0.4 is 0 Å². The quantitative estimate of drug-likeness (QED) is 0.572. The zero-order valence-electron chi connectivity index (χ0n) is 7.08. The van der Waals surface area contributed by atoms with Crippen molar-refractivity contribution in [2.75, 3.05) is 6.61 Å². The molecule has 2 unspecified atom stereocenters. The maximum Gasteiger partial charge on any atom is 0.309 e. The molecule has 0 bridgehead atoms. The van der Waals surface area contributed by atoms with Gasteiger partial charge in [-0.2, -0.15) is 0 Å². The number of fused-ring (bicyclic) bond motifs is 1. The summed E-state index contributed by atoms with van der Waals surface area (Å²) in [6.45, 7) is 2.21. The Morgan fingerprint density at radius 3 is 2.92 bits per heavy atom. The van der Waals surface area contributed by atoms with Gasteiger partial charge in [-0.25, -0.2) is 0 Å². The first-order valence-corrected chi connectivity index (χ1v) is 4.45. The van der Waals surface area contributed by atoms with E-state index >= 15 is 0 Å². The molecule has 0 radical (unpaired) electrons. The number of esters is 1. The fourth-order valence-electron chi connectivity index (χ4n) is 2.21. The number of ether oxygens (including phenoxy) is 1. The van der Waals surface area contributed by atoms with Crippen LogP contribution in [0.4, 0.5) is 0 Å². The van der Waals surface area contributed by atoms with Gasteiger partial charge in [0.05, 0.1) is 12.5 Å². The third-order valence-corrected chi connectivity index (χ3v) is 2.82. The van der Waals surface area contributed by atoms with E-state index in [1.54, 1.807) is 6.92 Å². The molecule has 0 N–H and O–H groups in total. The first-order chi connectivity index (χ1) is 5.75. The van der Waals surface area contributed by atoms with Gasteiger partial charge >= 0.3 is 5.97 Å². The van der Waals surface area contributed by atoms with Gasteiger partial charge in [0.1, 0.15) is 5.78 Å². The zero-order chi connectivity index (χ0) is 8.72. The second-order valence-corrected chi connectivity index (χ2v) is 3.47. The number of Topliss-reactive ketones (excluding diaryl/α,β-unsaturated/α-hetero) is 1. The fraction of sp³-hybridized carbons (Fsp3) is 0.778. The second-order valence-electron chi connectivity index (χ2n) is 3.47. The van der Waals surface area contributed by atoms with E-state index in [9.17, 15) is 9.59 Å². The van der Waals surface area contributed by atoms with E-state index in [-0.39, 0.29) is 23.6 Å². The molecule has 0 aromatic carbocycles. The highest BCUT2D eigenvalue weighted by Crippen LogP contribution is 2.55. The van der Waals surface area contributed by atoms with E-state index < -0.39 is 0 Å². The average molecular weight is 168 g/mol. The molecule has 0 spiro atoms. The molecule has 3 nitrogen and oxygen atoms in total. The van der Waals surface area contributed by atoms with Crippen LogP contribution in [0.5, 0.6) is 0 Å². The molecule has 66 valence electrons. The van der Waals surface area contributed by atoms with Crippen LogP contribution >= 0.6 is 0 Å². The minimum absolute atomic E-state index is 0.0315. The first-order valence-electron chi connectivity index (χ1n) is 4.45. The summed E-state index contributed by atoms with van der Waals surface area (Å²) < 4.78 is 4.86. The van der Waals surface area contributed by atoms with Gasteiger partial charge in [0.25, 0.3) is 0 Å². The number of carbonyl (C=O) groups excluding carboxylic acids is 2. The van der Waals surface area contributed by atoms with Crippen LogP contribution in [-0.2, 0) is 14.3 Å². The molecule has 3 heteroatoms. The van der Waals surface area contributed by atoms with E-state index in [1.165, 1.54) is 0 Å². The highest BCUT2D eigenvalue weighted by molar-refractivity contribution is 5.94. The highest BCUT2D eigenvalue weighted by atomic mass is 16.5. The molecule has 2 saturated carbocycles. The Hall–Kier alpha value is -0.860. The molecule has 2 rings (SSSR count). The van der Waals surface area contributed by atoms with Crippen molar-refractivity contribution in [3.8, 4) is 0 Å². The normalized spacial score (nSPS) is 37.8. The lowest BCUT2D eigenvalue weighted by molar-refractivity contribution is -0.146. The van der Waals surface area contributed by atoms with Crippen LogP contribution in [0.2, 0.25) is 0 Å². The lowest BCUT2D eigenvalue weighted by Gasteiger charge is -2.01. The van der Waals surface area contributed by atoms with Crippen LogP contribution in [0.1, 0.15) is 19.8 Å². The summed E-state index contributed by atoms with van der Waals surface area (Å²) in [7, 11) is 0. The molecule has 2 fully saturated rings. The van der Waals surface area contributed by atoms with Crippen molar-refractivity contribution in [3.05, 3.63) is 0 Å². The van der Waals surface area contributed by atoms with Crippen LogP contribution in [0.25, 0.3) is 0 Å². The van der Waals surface area contributed by atoms with Gasteiger partial charge in [0.2, 0.25) is 0 Å². The summed E-state index contributed by atoms with van der Waals surface area (Å²) in [5.74, 6) is 0.380. The van der Waals surface area contributed by atoms with E-state index in [1.807, 2.05) is 0 Å². The van der Waals surface area contributed by atoms with E-state index in [2.05, 4.69) is 0 Å². The van der Waals surface area contributed by atoms with Crippen LogP contribution in [0, 0.1) is 17.8 Å². The summed E-state index contributed by atoms with van der Waals surface area (Å²) in [6, 6.07) is 0. The number of carbonyl (C=O) groups is 2. The smallest absolute Gasteiger partial charge is 0.309 e. The third kappa shape index (κ3) is 0.958. The maximum atomic E-state index is 11.2. The average Bonchev–Trinajstić information content (AvgIpc) is 2.65. The minimum Gasteiger partial charge on any atom is -0.466 e. The summed E-state index contributed by atoms with van der Waals surface area (Å²) in [5, 5.41) is 0. The molecule has 3 atom stereocenters. The zero-order valence-corrected chi connectivity index (χ0v) is 7.08. The second kappa shape index (κ2) is 2.57. The SMILES string of the molecule is CCOC(=O)C1C2CCC(=O)[C@@H]21. The monoisotopic (exact) mass is 168 g/mol. The molecular weight excluding hydrogens is 156 g/mol. The number of hydrogen-bond donors (Lipinski definition) is 0. The number of rotatable bonds is 2. The summed E-state index contributed by atoms with van der Waals surface area (Å²) >= 11 is 0. The van der Waals surface area contributed by atoms with Crippen LogP contribution in [0.3, 0.4) is 0 Å². The molecule has 2 aliphatic carbocycles.